The van der Waals surface area contributed by atoms with E-state index in [1.165, 1.54) is 6.07 Å². The molecular formula is C23H21F3O2. The Hall–Kier alpha value is -2.95. The van der Waals surface area contributed by atoms with Gasteiger partial charge in [-0.15, -0.1) is 6.58 Å². The van der Waals surface area contributed by atoms with Gasteiger partial charge in [-0.25, -0.2) is 4.39 Å². The SMILES string of the molecule is C=CCCc1ccc2c(F)c(-c3ccc(OCC)cc3)c(OC(F)F)cc2c1. The molecule has 0 heterocycles. The Morgan fingerprint density at radius 3 is 2.46 bits per heavy atom. The fourth-order valence-corrected chi connectivity index (χ4v) is 3.15. The van der Waals surface area contributed by atoms with E-state index in [9.17, 15) is 8.78 Å². The predicted octanol–water partition coefficient (Wildman–Crippen LogP) is 6.76. The van der Waals surface area contributed by atoms with Crippen molar-refractivity contribution in [3.63, 3.8) is 0 Å². The van der Waals surface area contributed by atoms with Crippen LogP contribution >= 0.6 is 0 Å². The molecule has 0 aromatic heterocycles. The van der Waals surface area contributed by atoms with Crippen LogP contribution in [-0.4, -0.2) is 13.2 Å². The summed E-state index contributed by atoms with van der Waals surface area (Å²) in [5.41, 5.74) is 1.42. The van der Waals surface area contributed by atoms with Crippen molar-refractivity contribution >= 4 is 10.8 Å². The molecule has 0 aliphatic heterocycles. The molecule has 0 aliphatic carbocycles. The van der Waals surface area contributed by atoms with Crippen LogP contribution in [0.5, 0.6) is 11.5 Å². The largest absolute Gasteiger partial charge is 0.494 e. The van der Waals surface area contributed by atoms with Crippen LogP contribution in [-0.2, 0) is 6.42 Å². The highest BCUT2D eigenvalue weighted by Crippen LogP contribution is 2.39. The van der Waals surface area contributed by atoms with Gasteiger partial charge in [0.25, 0.3) is 0 Å². The smallest absolute Gasteiger partial charge is 0.387 e. The maximum Gasteiger partial charge on any atom is 0.387 e. The highest BCUT2D eigenvalue weighted by Gasteiger charge is 2.19. The summed E-state index contributed by atoms with van der Waals surface area (Å²) in [6.45, 7) is 2.99. The van der Waals surface area contributed by atoms with E-state index in [4.69, 9.17) is 4.74 Å². The molecule has 0 unspecified atom stereocenters. The number of alkyl halides is 2. The van der Waals surface area contributed by atoms with E-state index >= 15 is 4.39 Å². The summed E-state index contributed by atoms with van der Waals surface area (Å²) < 4.78 is 51.3. The molecular weight excluding hydrogens is 365 g/mol. The summed E-state index contributed by atoms with van der Waals surface area (Å²) in [4.78, 5) is 0. The van der Waals surface area contributed by atoms with Gasteiger partial charge in [-0.3, -0.25) is 0 Å². The van der Waals surface area contributed by atoms with Crippen molar-refractivity contribution in [2.75, 3.05) is 6.61 Å². The van der Waals surface area contributed by atoms with Crippen LogP contribution in [0, 0.1) is 5.82 Å². The highest BCUT2D eigenvalue weighted by atomic mass is 19.3. The second-order valence-electron chi connectivity index (χ2n) is 6.28. The Labute approximate surface area is 162 Å². The van der Waals surface area contributed by atoms with E-state index in [1.54, 1.807) is 42.5 Å². The Kier molecular flexibility index (Phi) is 6.24. The summed E-state index contributed by atoms with van der Waals surface area (Å²) in [5, 5.41) is 0.872. The van der Waals surface area contributed by atoms with Crippen LogP contribution in [0.4, 0.5) is 13.2 Å². The van der Waals surface area contributed by atoms with Gasteiger partial charge in [0, 0.05) is 5.39 Å². The topological polar surface area (TPSA) is 18.5 Å². The van der Waals surface area contributed by atoms with Gasteiger partial charge in [0.1, 0.15) is 17.3 Å². The van der Waals surface area contributed by atoms with E-state index in [0.717, 1.165) is 18.4 Å². The van der Waals surface area contributed by atoms with Crippen molar-refractivity contribution in [3.05, 3.63) is 72.6 Å². The molecule has 0 aliphatic rings. The Morgan fingerprint density at radius 2 is 1.82 bits per heavy atom. The predicted molar refractivity (Wildman–Crippen MR) is 106 cm³/mol. The zero-order valence-corrected chi connectivity index (χ0v) is 15.6. The minimum Gasteiger partial charge on any atom is -0.494 e. The fourth-order valence-electron chi connectivity index (χ4n) is 3.15. The number of hydrogen-bond donors (Lipinski definition) is 0. The molecule has 0 fully saturated rings. The molecule has 0 amide bonds. The number of allylic oxidation sites excluding steroid dienone is 1. The first-order chi connectivity index (χ1) is 13.5. The summed E-state index contributed by atoms with van der Waals surface area (Å²) in [5.74, 6) is -0.159. The number of benzene rings is 3. The lowest BCUT2D eigenvalue weighted by Gasteiger charge is -2.15. The average molecular weight is 386 g/mol. The van der Waals surface area contributed by atoms with E-state index in [2.05, 4.69) is 11.3 Å². The van der Waals surface area contributed by atoms with E-state index in [0.29, 0.717) is 28.7 Å². The van der Waals surface area contributed by atoms with Gasteiger partial charge in [-0.1, -0.05) is 36.4 Å². The maximum atomic E-state index is 15.3. The van der Waals surface area contributed by atoms with E-state index in [-0.39, 0.29) is 11.3 Å². The Morgan fingerprint density at radius 1 is 1.07 bits per heavy atom. The van der Waals surface area contributed by atoms with Crippen LogP contribution in [0.25, 0.3) is 21.9 Å². The second kappa shape index (κ2) is 8.83. The van der Waals surface area contributed by atoms with Crippen molar-refractivity contribution < 1.29 is 22.6 Å². The lowest BCUT2D eigenvalue weighted by Crippen LogP contribution is -2.05. The van der Waals surface area contributed by atoms with E-state index < -0.39 is 12.4 Å². The van der Waals surface area contributed by atoms with Gasteiger partial charge in [0.05, 0.1) is 12.2 Å². The number of hydrogen-bond acceptors (Lipinski definition) is 2. The lowest BCUT2D eigenvalue weighted by atomic mass is 9.97. The quantitative estimate of drug-likeness (QED) is 0.398. The molecule has 28 heavy (non-hydrogen) atoms. The lowest BCUT2D eigenvalue weighted by molar-refractivity contribution is -0.0494. The van der Waals surface area contributed by atoms with Crippen LogP contribution in [0.2, 0.25) is 0 Å². The molecule has 0 N–H and O–H groups in total. The maximum absolute atomic E-state index is 15.3. The van der Waals surface area contributed by atoms with E-state index in [1.807, 2.05) is 13.0 Å². The summed E-state index contributed by atoms with van der Waals surface area (Å²) in [6.07, 6.45) is 3.32. The highest BCUT2D eigenvalue weighted by molar-refractivity contribution is 5.92. The first kappa shape index (κ1) is 19.8. The van der Waals surface area contributed by atoms with Crippen LogP contribution in [0.3, 0.4) is 0 Å². The number of halogens is 3. The van der Waals surface area contributed by atoms with Crippen molar-refractivity contribution in [3.8, 4) is 22.6 Å². The summed E-state index contributed by atoms with van der Waals surface area (Å²) in [7, 11) is 0. The number of aryl methyl sites for hydroxylation is 1. The molecule has 0 spiro atoms. The number of ether oxygens (including phenoxy) is 2. The van der Waals surface area contributed by atoms with Crippen LogP contribution < -0.4 is 9.47 Å². The molecule has 146 valence electrons. The molecule has 3 aromatic rings. The third-order valence-corrected chi connectivity index (χ3v) is 4.41. The third-order valence-electron chi connectivity index (χ3n) is 4.41. The van der Waals surface area contributed by atoms with Crippen molar-refractivity contribution in [2.45, 2.75) is 26.4 Å². The molecule has 2 nitrogen and oxygen atoms in total. The third kappa shape index (κ3) is 4.30. The zero-order valence-electron chi connectivity index (χ0n) is 15.6. The first-order valence-electron chi connectivity index (χ1n) is 9.07. The molecule has 0 saturated carbocycles. The normalized spacial score (nSPS) is 11.0. The summed E-state index contributed by atoms with van der Waals surface area (Å²) >= 11 is 0. The standard InChI is InChI=1S/C23H21F3O2/c1-3-5-6-15-7-12-19-17(13-15)14-20(28-23(25)26)21(22(19)24)16-8-10-18(11-9-16)27-4-2/h3,7-14,23H,1,4-6H2,2H3. The van der Waals surface area contributed by atoms with Crippen LogP contribution in [0.1, 0.15) is 18.9 Å². The average Bonchev–Trinajstić information content (AvgIpc) is 2.67. The Bertz CT molecular complexity index is 966. The minimum atomic E-state index is -3.05. The Balaban J connectivity index is 2.13. The van der Waals surface area contributed by atoms with Crippen LogP contribution in [0.15, 0.2) is 61.2 Å². The first-order valence-corrected chi connectivity index (χ1v) is 9.07. The van der Waals surface area contributed by atoms with Gasteiger partial charge in [0.2, 0.25) is 0 Å². The molecule has 0 atom stereocenters. The van der Waals surface area contributed by atoms with Crippen molar-refractivity contribution in [1.29, 1.82) is 0 Å². The van der Waals surface area contributed by atoms with Gasteiger partial charge in [-0.05, 0) is 54.5 Å². The fraction of sp³-hybridized carbons (Fsp3) is 0.217. The molecule has 5 heteroatoms. The zero-order chi connectivity index (χ0) is 20.1. The molecule has 0 radical (unpaired) electrons. The number of fused-ring (bicyclic) bond motifs is 1. The summed E-state index contributed by atoms with van der Waals surface area (Å²) in [6, 6.07) is 13.4. The monoisotopic (exact) mass is 386 g/mol. The number of rotatable bonds is 8. The van der Waals surface area contributed by atoms with Crippen molar-refractivity contribution in [1.82, 2.24) is 0 Å². The van der Waals surface area contributed by atoms with Gasteiger partial charge >= 0.3 is 6.61 Å². The molecule has 3 rings (SSSR count). The van der Waals surface area contributed by atoms with Gasteiger partial charge in [-0.2, -0.15) is 8.78 Å². The molecule has 0 bridgehead atoms. The molecule has 0 saturated heterocycles. The molecule has 3 aromatic carbocycles. The minimum absolute atomic E-state index is 0.00897. The van der Waals surface area contributed by atoms with Gasteiger partial charge in [0.15, 0.2) is 0 Å². The second-order valence-corrected chi connectivity index (χ2v) is 6.28. The van der Waals surface area contributed by atoms with Gasteiger partial charge < -0.3 is 9.47 Å². The van der Waals surface area contributed by atoms with Crippen molar-refractivity contribution in [2.24, 2.45) is 0 Å².